The third-order valence-electron chi connectivity index (χ3n) is 1.24. The van der Waals surface area contributed by atoms with E-state index in [0.29, 0.717) is 0 Å². The molecule has 1 aliphatic rings. The van der Waals surface area contributed by atoms with Crippen LogP contribution >= 0.6 is 12.2 Å². The molecule has 9 heavy (non-hydrogen) atoms. The van der Waals surface area contributed by atoms with Gasteiger partial charge < -0.3 is 0 Å². The van der Waals surface area contributed by atoms with Gasteiger partial charge in [0.15, 0.2) is 0 Å². The molecule has 2 nitrogen and oxygen atoms in total. The fourth-order valence-corrected chi connectivity index (χ4v) is 0.849. The predicted octanol–water partition coefficient (Wildman–Crippen LogP) is 1.14. The molecule has 1 aliphatic heterocycles. The molecule has 0 aliphatic carbocycles. The summed E-state index contributed by atoms with van der Waals surface area (Å²) < 4.78 is 0. The average molecular weight is 143 g/mol. The Labute approximate surface area is 60.1 Å². The van der Waals surface area contributed by atoms with E-state index in [4.69, 9.17) is 17.1 Å². The molecule has 0 fully saturated rings. The topological polar surface area (TPSA) is 12.5 Å². The van der Waals surface area contributed by atoms with Crippen LogP contribution in [0.15, 0.2) is 12.3 Å². The molecule has 1 rings (SSSR count). The Kier molecular flexibility index (Phi) is 2.19. The molecule has 1 heterocycles. The van der Waals surface area contributed by atoms with Crippen LogP contribution in [-0.4, -0.2) is 23.6 Å². The van der Waals surface area contributed by atoms with Crippen LogP contribution in [0.4, 0.5) is 0 Å². The van der Waals surface area contributed by atoms with Crippen molar-refractivity contribution < 1.29 is 4.84 Å². The maximum atomic E-state index is 4.94. The van der Waals surface area contributed by atoms with E-state index in [1.54, 1.807) is 12.2 Å². The normalized spacial score (nSPS) is 18.8. The van der Waals surface area contributed by atoms with Gasteiger partial charge in [0.2, 0.25) is 0 Å². The molecule has 0 N–H and O–H groups in total. The first-order valence-corrected chi connectivity index (χ1v) is 3.25. The Morgan fingerprint density at radius 3 is 3.00 bits per heavy atom. The van der Waals surface area contributed by atoms with Gasteiger partial charge in [0, 0.05) is 24.0 Å². The van der Waals surface area contributed by atoms with Crippen LogP contribution in [0, 0.1) is 0 Å². The molecule has 0 aromatic carbocycles. The van der Waals surface area contributed by atoms with Crippen LogP contribution in [0.1, 0.15) is 6.42 Å². The standard InChI is InChI=1S/C6H9NOS/c1-8-7-4-2-6(9)3-5-7/h2,4H,3,5H2,1H3. The maximum Gasteiger partial charge on any atom is 0.0638 e. The highest BCUT2D eigenvalue weighted by molar-refractivity contribution is 7.80. The van der Waals surface area contributed by atoms with E-state index in [2.05, 4.69) is 0 Å². The van der Waals surface area contributed by atoms with E-state index >= 15 is 0 Å². The lowest BCUT2D eigenvalue weighted by atomic mass is 10.2. The van der Waals surface area contributed by atoms with E-state index in [-0.39, 0.29) is 0 Å². The fourth-order valence-electron chi connectivity index (χ4n) is 0.697. The van der Waals surface area contributed by atoms with Crippen molar-refractivity contribution in [2.45, 2.75) is 6.42 Å². The van der Waals surface area contributed by atoms with Gasteiger partial charge in [-0.15, -0.1) is 0 Å². The Balaban J connectivity index is 2.48. The van der Waals surface area contributed by atoms with Crippen molar-refractivity contribution in [3.8, 4) is 0 Å². The molecule has 0 unspecified atom stereocenters. The lowest BCUT2D eigenvalue weighted by molar-refractivity contribution is -0.0865. The molecule has 0 aromatic rings. The summed E-state index contributed by atoms with van der Waals surface area (Å²) in [6.45, 7) is 0.881. The van der Waals surface area contributed by atoms with E-state index in [1.807, 2.05) is 12.3 Å². The highest BCUT2D eigenvalue weighted by Gasteiger charge is 2.03. The molecule has 0 atom stereocenters. The molecule has 0 bridgehead atoms. The van der Waals surface area contributed by atoms with Gasteiger partial charge in [-0.1, -0.05) is 12.2 Å². The molecule has 0 saturated carbocycles. The van der Waals surface area contributed by atoms with E-state index < -0.39 is 0 Å². The van der Waals surface area contributed by atoms with Gasteiger partial charge in [0.05, 0.1) is 7.11 Å². The minimum absolute atomic E-state index is 0.881. The number of hydrogen-bond donors (Lipinski definition) is 0. The second-order valence-electron chi connectivity index (χ2n) is 1.86. The third kappa shape index (κ3) is 1.77. The van der Waals surface area contributed by atoms with Crippen LogP contribution in [0.3, 0.4) is 0 Å². The summed E-state index contributed by atoms with van der Waals surface area (Å²) in [5.41, 5.74) is 0. The van der Waals surface area contributed by atoms with Crippen molar-refractivity contribution in [3.05, 3.63) is 12.3 Å². The molecule has 0 radical (unpaired) electrons. The SMILES string of the molecule is CON1C=CC(=S)CC1. The Hall–Kier alpha value is -0.410. The number of allylic oxidation sites excluding steroid dienone is 1. The number of hydroxylamine groups is 2. The summed E-state index contributed by atoms with van der Waals surface area (Å²) in [4.78, 5) is 5.93. The summed E-state index contributed by atoms with van der Waals surface area (Å²) in [6.07, 6.45) is 4.67. The summed E-state index contributed by atoms with van der Waals surface area (Å²) in [7, 11) is 1.65. The van der Waals surface area contributed by atoms with Crippen LogP contribution in [-0.2, 0) is 4.84 Å². The van der Waals surface area contributed by atoms with Crippen molar-refractivity contribution in [2.24, 2.45) is 0 Å². The van der Waals surface area contributed by atoms with Crippen molar-refractivity contribution in [2.75, 3.05) is 13.7 Å². The molecule has 50 valence electrons. The average Bonchev–Trinajstić information content (AvgIpc) is 1.90. The van der Waals surface area contributed by atoms with Crippen molar-refractivity contribution >= 4 is 17.1 Å². The first kappa shape index (κ1) is 6.71. The highest BCUT2D eigenvalue weighted by atomic mass is 32.1. The number of hydrogen-bond acceptors (Lipinski definition) is 3. The summed E-state index contributed by atoms with van der Waals surface area (Å²) in [6, 6.07) is 0. The lowest BCUT2D eigenvalue weighted by Gasteiger charge is -2.19. The number of thiocarbonyl (C=S) groups is 1. The van der Waals surface area contributed by atoms with Crippen molar-refractivity contribution in [3.63, 3.8) is 0 Å². The monoisotopic (exact) mass is 143 g/mol. The quantitative estimate of drug-likeness (QED) is 0.511. The Morgan fingerprint density at radius 1 is 1.78 bits per heavy atom. The van der Waals surface area contributed by atoms with Gasteiger partial charge in [0.1, 0.15) is 0 Å². The summed E-state index contributed by atoms with van der Waals surface area (Å²) in [5.74, 6) is 0. The minimum Gasteiger partial charge on any atom is -0.277 e. The third-order valence-corrected chi connectivity index (χ3v) is 1.58. The second kappa shape index (κ2) is 2.94. The molecule has 0 amide bonds. The molecular weight excluding hydrogens is 134 g/mol. The largest absolute Gasteiger partial charge is 0.277 e. The van der Waals surface area contributed by atoms with Crippen LogP contribution in [0.5, 0.6) is 0 Å². The fraction of sp³-hybridized carbons (Fsp3) is 0.500. The Morgan fingerprint density at radius 2 is 2.56 bits per heavy atom. The van der Waals surface area contributed by atoms with Gasteiger partial charge in [-0.2, -0.15) is 0 Å². The zero-order valence-electron chi connectivity index (χ0n) is 5.33. The van der Waals surface area contributed by atoms with Gasteiger partial charge in [0.25, 0.3) is 0 Å². The zero-order valence-corrected chi connectivity index (χ0v) is 6.15. The smallest absolute Gasteiger partial charge is 0.0638 e. The van der Waals surface area contributed by atoms with Gasteiger partial charge in [-0.25, -0.2) is 0 Å². The summed E-state index contributed by atoms with van der Waals surface area (Å²) >= 11 is 4.94. The Bertz CT molecular complexity index is 144. The molecule has 0 spiro atoms. The predicted molar refractivity (Wildman–Crippen MR) is 40.1 cm³/mol. The number of rotatable bonds is 1. The van der Waals surface area contributed by atoms with Crippen LogP contribution in [0.2, 0.25) is 0 Å². The lowest BCUT2D eigenvalue weighted by Crippen LogP contribution is -2.22. The molecular formula is C6H9NOS. The van der Waals surface area contributed by atoms with Crippen LogP contribution < -0.4 is 0 Å². The first-order valence-electron chi connectivity index (χ1n) is 2.84. The highest BCUT2D eigenvalue weighted by Crippen LogP contribution is 2.02. The van der Waals surface area contributed by atoms with E-state index in [1.165, 1.54) is 0 Å². The molecule has 0 saturated heterocycles. The molecule has 0 aromatic heterocycles. The van der Waals surface area contributed by atoms with Gasteiger partial charge in [-0.3, -0.25) is 9.90 Å². The van der Waals surface area contributed by atoms with Gasteiger partial charge in [-0.05, 0) is 6.08 Å². The van der Waals surface area contributed by atoms with Crippen molar-refractivity contribution in [1.82, 2.24) is 5.06 Å². The second-order valence-corrected chi connectivity index (χ2v) is 2.38. The minimum atomic E-state index is 0.881. The van der Waals surface area contributed by atoms with E-state index in [0.717, 1.165) is 17.8 Å². The number of nitrogens with zero attached hydrogens (tertiary/aromatic N) is 1. The van der Waals surface area contributed by atoms with Crippen LogP contribution in [0.25, 0.3) is 0 Å². The summed E-state index contributed by atoms with van der Waals surface area (Å²) in [5, 5.41) is 1.76. The van der Waals surface area contributed by atoms with Gasteiger partial charge >= 0.3 is 0 Å². The molecule has 3 heteroatoms. The van der Waals surface area contributed by atoms with Crippen molar-refractivity contribution in [1.29, 1.82) is 0 Å². The zero-order chi connectivity index (χ0) is 6.69. The van der Waals surface area contributed by atoms with E-state index in [9.17, 15) is 0 Å². The first-order chi connectivity index (χ1) is 4.33. The maximum absolute atomic E-state index is 4.94.